The Morgan fingerprint density at radius 2 is 1.62 bits per heavy atom. The summed E-state index contributed by atoms with van der Waals surface area (Å²) in [6.45, 7) is 16.1. The minimum Gasteiger partial charge on any atom is -0.289 e. The molecule has 0 amide bonds. The maximum absolute atomic E-state index is 12.3. The van der Waals surface area contributed by atoms with Crippen LogP contribution in [0.3, 0.4) is 0 Å². The van der Waals surface area contributed by atoms with Gasteiger partial charge in [-0.05, 0) is 44.4 Å². The third-order valence-electron chi connectivity index (χ3n) is 2.80. The van der Waals surface area contributed by atoms with Gasteiger partial charge in [-0.1, -0.05) is 65.0 Å². The van der Waals surface area contributed by atoms with Crippen LogP contribution in [0.1, 0.15) is 69.4 Å². The van der Waals surface area contributed by atoms with Crippen LogP contribution in [-0.4, -0.2) is 5.78 Å². The van der Waals surface area contributed by atoms with E-state index in [0.29, 0.717) is 0 Å². The number of ketones is 1. The van der Waals surface area contributed by atoms with Gasteiger partial charge in [-0.2, -0.15) is 0 Å². The maximum Gasteiger partial charge on any atom is 0.192 e. The molecular weight excluding hydrogens is 256 g/mol. The van der Waals surface area contributed by atoms with Crippen molar-refractivity contribution in [1.29, 1.82) is 0 Å². The van der Waals surface area contributed by atoms with E-state index in [1.165, 1.54) is 5.56 Å². The molecule has 1 aromatic carbocycles. The summed E-state index contributed by atoms with van der Waals surface area (Å²) in [6.07, 6.45) is 6.62. The molecule has 0 saturated heterocycles. The fraction of sp³-hybridized carbons (Fsp3) is 0.450. The van der Waals surface area contributed by atoms with E-state index in [9.17, 15) is 4.79 Å². The van der Waals surface area contributed by atoms with Gasteiger partial charge in [0.2, 0.25) is 0 Å². The molecule has 0 radical (unpaired) electrons. The minimum atomic E-state index is 0.105. The van der Waals surface area contributed by atoms with Gasteiger partial charge in [0, 0.05) is 11.1 Å². The number of benzene rings is 1. The van der Waals surface area contributed by atoms with E-state index in [1.807, 2.05) is 84.9 Å². The summed E-state index contributed by atoms with van der Waals surface area (Å²) in [5, 5.41) is 0. The van der Waals surface area contributed by atoms with E-state index in [0.717, 1.165) is 23.1 Å². The lowest BCUT2D eigenvalue weighted by atomic mass is 9.98. The van der Waals surface area contributed by atoms with Crippen molar-refractivity contribution in [2.45, 2.75) is 61.8 Å². The molecule has 0 aliphatic rings. The van der Waals surface area contributed by atoms with Crippen LogP contribution < -0.4 is 0 Å². The minimum absolute atomic E-state index is 0.105. The predicted molar refractivity (Wildman–Crippen MR) is 96.1 cm³/mol. The summed E-state index contributed by atoms with van der Waals surface area (Å²) in [5.41, 5.74) is 3.92. The maximum atomic E-state index is 12.3. The van der Waals surface area contributed by atoms with Crippen molar-refractivity contribution in [1.82, 2.24) is 0 Å². The molecule has 1 aromatic rings. The molecule has 0 aromatic heterocycles. The zero-order valence-electron chi connectivity index (χ0n) is 15.1. The average molecular weight is 288 g/mol. The van der Waals surface area contributed by atoms with Gasteiger partial charge in [-0.15, -0.1) is 0 Å². The topological polar surface area (TPSA) is 17.1 Å². The van der Waals surface area contributed by atoms with E-state index >= 15 is 0 Å². The second-order valence-electron chi connectivity index (χ2n) is 4.20. The zero-order valence-corrected chi connectivity index (χ0v) is 15.1. The van der Waals surface area contributed by atoms with Crippen molar-refractivity contribution in [3.8, 4) is 0 Å². The number of hydrogen-bond donors (Lipinski definition) is 0. The molecule has 0 saturated carbocycles. The molecule has 21 heavy (non-hydrogen) atoms. The van der Waals surface area contributed by atoms with E-state index < -0.39 is 0 Å². The van der Waals surface area contributed by atoms with Gasteiger partial charge in [-0.25, -0.2) is 0 Å². The van der Waals surface area contributed by atoms with Gasteiger partial charge in [0.15, 0.2) is 5.78 Å². The number of carbonyl (C=O) groups is 1. The average Bonchev–Trinajstić information content (AvgIpc) is 2.53. The number of aryl methyl sites for hydroxylation is 2. The molecule has 1 nitrogen and oxygen atoms in total. The van der Waals surface area contributed by atoms with Crippen molar-refractivity contribution in [2.75, 3.05) is 0 Å². The highest BCUT2D eigenvalue weighted by atomic mass is 16.1. The van der Waals surface area contributed by atoms with Crippen LogP contribution in [0.2, 0.25) is 0 Å². The van der Waals surface area contributed by atoms with Gasteiger partial charge < -0.3 is 0 Å². The summed E-state index contributed by atoms with van der Waals surface area (Å²) in [5.74, 6) is 0.105. The Labute approximate surface area is 131 Å². The Morgan fingerprint density at radius 1 is 1.05 bits per heavy atom. The van der Waals surface area contributed by atoms with Gasteiger partial charge in [0.25, 0.3) is 0 Å². The third-order valence-corrected chi connectivity index (χ3v) is 2.80. The number of carbonyl (C=O) groups excluding carboxylic acids is 1. The van der Waals surface area contributed by atoms with Crippen LogP contribution in [-0.2, 0) is 0 Å². The predicted octanol–water partition coefficient (Wildman–Crippen LogP) is 6.45. The van der Waals surface area contributed by atoms with Gasteiger partial charge >= 0.3 is 0 Å². The van der Waals surface area contributed by atoms with E-state index in [1.54, 1.807) is 0 Å². The molecule has 1 rings (SSSR count). The molecule has 0 aliphatic carbocycles. The number of Topliss-reactive ketones (excluding diaryl/α,β-unsaturated/α-hetero) is 1. The highest BCUT2D eigenvalue weighted by Crippen LogP contribution is 2.15. The molecule has 1 heteroatoms. The van der Waals surface area contributed by atoms with E-state index in [4.69, 9.17) is 0 Å². The molecule has 0 N–H and O–H groups in total. The first-order valence-corrected chi connectivity index (χ1v) is 8.05. The Kier molecular flexibility index (Phi) is 13.8. The normalized spacial score (nSPS) is 10.4. The highest BCUT2D eigenvalue weighted by molar-refractivity contribution is 6.10. The van der Waals surface area contributed by atoms with Gasteiger partial charge in [0.05, 0.1) is 0 Å². The quantitative estimate of drug-likeness (QED) is 0.353. The fourth-order valence-corrected chi connectivity index (χ4v) is 1.69. The first-order valence-electron chi connectivity index (χ1n) is 8.05. The van der Waals surface area contributed by atoms with E-state index in [-0.39, 0.29) is 5.78 Å². The molecule has 0 aliphatic heterocycles. The molecule has 0 atom stereocenters. The smallest absolute Gasteiger partial charge is 0.192 e. The lowest BCUT2D eigenvalue weighted by molar-refractivity contribution is 0.103. The van der Waals surface area contributed by atoms with Crippen molar-refractivity contribution in [2.24, 2.45) is 0 Å². The summed E-state index contributed by atoms with van der Waals surface area (Å²) in [6, 6.07) is 5.87. The first-order chi connectivity index (χ1) is 10.1. The summed E-state index contributed by atoms with van der Waals surface area (Å²) >= 11 is 0. The Hall–Kier alpha value is -1.63. The number of rotatable bonds is 4. The largest absolute Gasteiger partial charge is 0.289 e. The first kappa shape index (κ1) is 21.7. The summed E-state index contributed by atoms with van der Waals surface area (Å²) in [4.78, 5) is 12.3. The van der Waals surface area contributed by atoms with Crippen molar-refractivity contribution in [3.63, 3.8) is 0 Å². The summed E-state index contributed by atoms with van der Waals surface area (Å²) < 4.78 is 0. The number of allylic oxidation sites excluding steroid dienone is 4. The van der Waals surface area contributed by atoms with Crippen LogP contribution in [0.15, 0.2) is 42.0 Å². The third kappa shape index (κ3) is 7.65. The monoisotopic (exact) mass is 288 g/mol. The van der Waals surface area contributed by atoms with Crippen molar-refractivity contribution < 1.29 is 4.79 Å². The van der Waals surface area contributed by atoms with Crippen LogP contribution in [0.25, 0.3) is 0 Å². The van der Waals surface area contributed by atoms with Crippen molar-refractivity contribution in [3.05, 3.63) is 58.7 Å². The second kappa shape index (κ2) is 13.4. The SMILES string of the molecule is C/C=C\C(=C/CC)C(=O)c1ccc(C)c(C)c1.CC.CC. The lowest BCUT2D eigenvalue weighted by Crippen LogP contribution is -2.02. The molecule has 0 bridgehead atoms. The molecule has 118 valence electrons. The Bertz CT molecular complexity index is 465. The van der Waals surface area contributed by atoms with Crippen LogP contribution in [0, 0.1) is 13.8 Å². The van der Waals surface area contributed by atoms with Crippen LogP contribution in [0.5, 0.6) is 0 Å². The Balaban J connectivity index is 0. The highest BCUT2D eigenvalue weighted by Gasteiger charge is 2.09. The van der Waals surface area contributed by atoms with Crippen molar-refractivity contribution >= 4 is 5.78 Å². The number of hydrogen-bond acceptors (Lipinski definition) is 1. The fourth-order valence-electron chi connectivity index (χ4n) is 1.69. The summed E-state index contributed by atoms with van der Waals surface area (Å²) in [7, 11) is 0. The van der Waals surface area contributed by atoms with Crippen LogP contribution in [0.4, 0.5) is 0 Å². The molecular formula is C20H32O. The molecule has 0 heterocycles. The molecule has 0 spiro atoms. The standard InChI is InChI=1S/C16H20O.2C2H6/c1-5-7-14(8-6-2)16(17)15-10-9-12(3)13(4)11-15;2*1-2/h5,7-11H,6H2,1-4H3;2*1-2H3/b7-5-,14-8+;;. The Morgan fingerprint density at radius 3 is 2.05 bits per heavy atom. The lowest BCUT2D eigenvalue weighted by Gasteiger charge is -2.05. The van der Waals surface area contributed by atoms with Crippen LogP contribution >= 0.6 is 0 Å². The second-order valence-corrected chi connectivity index (χ2v) is 4.20. The molecule has 0 fully saturated rings. The molecule has 0 unspecified atom stereocenters. The van der Waals surface area contributed by atoms with Gasteiger partial charge in [0.1, 0.15) is 0 Å². The van der Waals surface area contributed by atoms with Gasteiger partial charge in [-0.3, -0.25) is 4.79 Å². The zero-order chi connectivity index (χ0) is 16.8. The van der Waals surface area contributed by atoms with E-state index in [2.05, 4.69) is 6.92 Å².